The Morgan fingerprint density at radius 2 is 1.84 bits per heavy atom. The summed E-state index contributed by atoms with van der Waals surface area (Å²) in [5.41, 5.74) is 4.75. The van der Waals surface area contributed by atoms with Gasteiger partial charge in [-0.15, -0.1) is 0 Å². The van der Waals surface area contributed by atoms with Crippen molar-refractivity contribution in [2.24, 2.45) is 0 Å². The third-order valence-electron chi connectivity index (χ3n) is 8.41. The van der Waals surface area contributed by atoms with Crippen molar-refractivity contribution in [2.75, 3.05) is 30.8 Å². The largest absolute Gasteiger partial charge is 0.488 e. The number of nitrogens with zero attached hydrogens (tertiary/aromatic N) is 3. The van der Waals surface area contributed by atoms with Crippen molar-refractivity contribution >= 4 is 50.5 Å². The lowest BCUT2D eigenvalue weighted by atomic mass is 9.82. The van der Waals surface area contributed by atoms with E-state index >= 15 is 0 Å². The van der Waals surface area contributed by atoms with Gasteiger partial charge in [-0.05, 0) is 82.7 Å². The molecule has 1 amide bonds. The molecule has 0 spiro atoms. The normalized spacial score (nSPS) is 17.7. The van der Waals surface area contributed by atoms with Gasteiger partial charge in [0.2, 0.25) is 5.95 Å². The van der Waals surface area contributed by atoms with E-state index in [1.54, 1.807) is 52.1 Å². The maximum absolute atomic E-state index is 13.0. The summed E-state index contributed by atoms with van der Waals surface area (Å²) in [6, 6.07) is 8.76. The van der Waals surface area contributed by atoms with Crippen LogP contribution in [-0.2, 0) is 25.8 Å². The molecule has 3 aromatic rings. The molecule has 2 aliphatic rings. The number of aryl methyl sites for hydroxylation is 1. The second-order valence-corrected chi connectivity index (χ2v) is 14.7. The lowest BCUT2D eigenvalue weighted by Gasteiger charge is -2.35. The Morgan fingerprint density at radius 3 is 2.52 bits per heavy atom. The Kier molecular flexibility index (Phi) is 9.38. The van der Waals surface area contributed by atoms with Crippen molar-refractivity contribution in [1.29, 1.82) is 0 Å². The molecule has 1 aromatic heterocycles. The fourth-order valence-electron chi connectivity index (χ4n) is 5.99. The second-order valence-electron chi connectivity index (χ2n) is 11.8. The quantitative estimate of drug-likeness (QED) is 0.282. The van der Waals surface area contributed by atoms with Gasteiger partial charge in [-0.1, -0.05) is 23.7 Å². The molecular formula is C32H40ClN5O5S. The number of rotatable bonds is 9. The molecule has 1 saturated heterocycles. The van der Waals surface area contributed by atoms with Crippen LogP contribution in [0, 0.1) is 6.92 Å². The number of anilines is 4. The zero-order valence-corrected chi connectivity index (χ0v) is 27.6. The average molecular weight is 642 g/mol. The van der Waals surface area contributed by atoms with Gasteiger partial charge in [0.1, 0.15) is 23.0 Å². The first kappa shape index (κ1) is 32.0. The number of aromatic nitrogens is 2. The Bertz CT molecular complexity index is 1660. The summed E-state index contributed by atoms with van der Waals surface area (Å²) in [6.07, 6.45) is 3.59. The molecule has 0 unspecified atom stereocenters. The molecule has 0 saturated carbocycles. The topological polar surface area (TPSA) is 123 Å². The van der Waals surface area contributed by atoms with Crippen LogP contribution in [0.5, 0.6) is 5.75 Å². The van der Waals surface area contributed by atoms with Crippen LogP contribution in [0.3, 0.4) is 0 Å². The molecule has 2 aromatic carbocycles. The molecule has 0 bridgehead atoms. The molecular weight excluding hydrogens is 602 g/mol. The fraction of sp³-hybridized carbons (Fsp3) is 0.469. The Balaban J connectivity index is 1.41. The molecule has 0 radical (unpaired) electrons. The highest BCUT2D eigenvalue weighted by atomic mass is 35.5. The number of halogens is 1. The van der Waals surface area contributed by atoms with E-state index in [1.807, 2.05) is 4.90 Å². The zero-order chi connectivity index (χ0) is 31.8. The zero-order valence-electron chi connectivity index (χ0n) is 26.0. The Labute approximate surface area is 264 Å². The molecule has 0 aliphatic carbocycles. The maximum Gasteiger partial charge on any atom is 0.251 e. The van der Waals surface area contributed by atoms with Crippen LogP contribution in [0.1, 0.15) is 63.1 Å². The molecule has 1 fully saturated rings. The van der Waals surface area contributed by atoms with Gasteiger partial charge in [0.05, 0.1) is 27.7 Å². The van der Waals surface area contributed by atoms with Gasteiger partial charge in [-0.25, -0.2) is 13.4 Å². The predicted octanol–water partition coefficient (Wildman–Crippen LogP) is 6.17. The smallest absolute Gasteiger partial charge is 0.251 e. The van der Waals surface area contributed by atoms with E-state index in [4.69, 9.17) is 21.1 Å². The first-order valence-corrected chi connectivity index (χ1v) is 16.9. The van der Waals surface area contributed by atoms with Crippen LogP contribution in [0.25, 0.3) is 0 Å². The number of carbonyl (C=O) groups is 1. The van der Waals surface area contributed by atoms with Crippen molar-refractivity contribution < 1.29 is 22.7 Å². The third-order valence-corrected chi connectivity index (χ3v) is 10.9. The number of amides is 1. The monoisotopic (exact) mass is 641 g/mol. The second kappa shape index (κ2) is 12.9. The molecule has 12 heteroatoms. The van der Waals surface area contributed by atoms with Crippen LogP contribution in [0.2, 0.25) is 5.02 Å². The summed E-state index contributed by atoms with van der Waals surface area (Å²) < 4.78 is 37.5. The number of hydrogen-bond acceptors (Lipinski definition) is 9. The summed E-state index contributed by atoms with van der Waals surface area (Å²) in [4.78, 5) is 23.7. The van der Waals surface area contributed by atoms with Crippen LogP contribution >= 0.6 is 11.6 Å². The number of methoxy groups -OCH3 is 1. The van der Waals surface area contributed by atoms with Crippen molar-refractivity contribution in [3.63, 3.8) is 0 Å². The van der Waals surface area contributed by atoms with Gasteiger partial charge in [-0.2, -0.15) is 4.98 Å². The van der Waals surface area contributed by atoms with E-state index in [0.717, 1.165) is 36.3 Å². The highest BCUT2D eigenvalue weighted by molar-refractivity contribution is 7.92. The van der Waals surface area contributed by atoms with Gasteiger partial charge < -0.3 is 25.0 Å². The van der Waals surface area contributed by atoms with Crippen LogP contribution < -0.4 is 15.4 Å². The number of fused-ring (bicyclic) bond motifs is 1. The van der Waals surface area contributed by atoms with E-state index in [-0.39, 0.29) is 33.7 Å². The first-order chi connectivity index (χ1) is 20.9. The SMILES string of the molecule is CO[C@@H](C)C(=O)N1CCC(c2c(C)cc(Nc3ncc(Cl)c(Nc4ccccc4S(=O)(=O)C(C)C)n3)c3c2C[C@H](C)O3)CC1. The molecule has 2 atom stereocenters. The average Bonchev–Trinajstić information content (AvgIpc) is 3.39. The number of likely N-dealkylation sites (tertiary alicyclic amines) is 1. The number of benzene rings is 2. The minimum atomic E-state index is -3.55. The highest BCUT2D eigenvalue weighted by Gasteiger charge is 2.33. The minimum Gasteiger partial charge on any atom is -0.488 e. The fourth-order valence-corrected chi connectivity index (χ4v) is 7.33. The van der Waals surface area contributed by atoms with Gasteiger partial charge in [0.25, 0.3) is 5.91 Å². The number of piperidine rings is 1. The minimum absolute atomic E-state index is 0.0121. The molecule has 3 heterocycles. The van der Waals surface area contributed by atoms with Crippen molar-refractivity contribution in [2.45, 2.75) is 82.2 Å². The molecule has 10 nitrogen and oxygen atoms in total. The molecule has 2 N–H and O–H groups in total. The summed E-state index contributed by atoms with van der Waals surface area (Å²) >= 11 is 6.46. The molecule has 236 valence electrons. The van der Waals surface area contributed by atoms with E-state index < -0.39 is 21.2 Å². The third kappa shape index (κ3) is 6.36. The summed E-state index contributed by atoms with van der Waals surface area (Å²) in [6.45, 7) is 10.6. The number of hydrogen-bond donors (Lipinski definition) is 2. The van der Waals surface area contributed by atoms with Gasteiger partial charge in [0.15, 0.2) is 15.7 Å². The van der Waals surface area contributed by atoms with Crippen molar-refractivity contribution in [1.82, 2.24) is 14.9 Å². The number of sulfone groups is 1. The van der Waals surface area contributed by atoms with E-state index in [9.17, 15) is 13.2 Å². The number of carbonyl (C=O) groups excluding carboxylic acids is 1. The number of nitrogens with one attached hydrogen (secondary N) is 2. The number of ether oxygens (including phenoxy) is 2. The van der Waals surface area contributed by atoms with E-state index in [0.29, 0.717) is 24.7 Å². The lowest BCUT2D eigenvalue weighted by Crippen LogP contribution is -2.43. The maximum atomic E-state index is 13.0. The van der Waals surface area contributed by atoms with Crippen LogP contribution in [0.15, 0.2) is 41.4 Å². The number of para-hydroxylation sites is 1. The standard InChI is InChI=1S/C32H40ClN5O5S/c1-18(2)44(40,41)27-10-8-7-9-25(27)35-30-24(33)17-34-32(37-30)36-26-15-19(3)28(23-16-20(4)43-29(23)26)22-11-13-38(14-12-22)31(39)21(5)42-6/h7-10,15,17-18,20-22H,11-14,16H2,1-6H3,(H2,34,35,36,37)/t20-,21-/m0/s1. The molecule has 5 rings (SSSR count). The van der Waals surface area contributed by atoms with E-state index in [1.165, 1.54) is 17.3 Å². The Hall–Kier alpha value is -3.41. The van der Waals surface area contributed by atoms with Crippen LogP contribution in [0.4, 0.5) is 23.1 Å². The van der Waals surface area contributed by atoms with Crippen LogP contribution in [-0.4, -0.2) is 66.9 Å². The molecule has 2 aliphatic heterocycles. The highest BCUT2D eigenvalue weighted by Crippen LogP contribution is 2.46. The van der Waals surface area contributed by atoms with Crippen molar-refractivity contribution in [3.8, 4) is 5.75 Å². The predicted molar refractivity (Wildman–Crippen MR) is 172 cm³/mol. The van der Waals surface area contributed by atoms with E-state index in [2.05, 4.69) is 40.5 Å². The summed E-state index contributed by atoms with van der Waals surface area (Å²) in [5.74, 6) is 1.70. The van der Waals surface area contributed by atoms with Crippen molar-refractivity contribution in [3.05, 3.63) is 58.2 Å². The molecule has 44 heavy (non-hydrogen) atoms. The lowest BCUT2D eigenvalue weighted by molar-refractivity contribution is -0.142. The van der Waals surface area contributed by atoms with Gasteiger partial charge >= 0.3 is 0 Å². The summed E-state index contributed by atoms with van der Waals surface area (Å²) in [5, 5.41) is 6.09. The van der Waals surface area contributed by atoms with Gasteiger partial charge in [-0.3, -0.25) is 4.79 Å². The Morgan fingerprint density at radius 1 is 1.14 bits per heavy atom. The first-order valence-electron chi connectivity index (χ1n) is 14.9. The summed E-state index contributed by atoms with van der Waals surface area (Å²) in [7, 11) is -1.99. The van der Waals surface area contributed by atoms with Gasteiger partial charge in [0, 0.05) is 32.2 Å².